The van der Waals surface area contributed by atoms with Crippen molar-refractivity contribution in [2.45, 2.75) is 0 Å². The van der Waals surface area contributed by atoms with E-state index < -0.39 is 11.3 Å². The van der Waals surface area contributed by atoms with Gasteiger partial charge in [-0.3, -0.25) is 4.79 Å². The second kappa shape index (κ2) is 4.07. The molecule has 1 amide bonds. The summed E-state index contributed by atoms with van der Waals surface area (Å²) in [5.74, 6) is -1.46. The fourth-order valence-electron chi connectivity index (χ4n) is 0.499. The molecule has 0 radical (unpaired) electrons. The van der Waals surface area contributed by atoms with Gasteiger partial charge in [0.2, 0.25) is 12.4 Å². The van der Waals surface area contributed by atoms with Gasteiger partial charge in [-0.05, 0) is 0 Å². The summed E-state index contributed by atoms with van der Waals surface area (Å²) in [5.41, 5.74) is -2.63. The standard InChI is InChI=1S/C7N6O/c8-1-7(2-9,3-10)6(14)13(4-11)5-12. The minimum atomic E-state index is -2.63. The van der Waals surface area contributed by atoms with E-state index in [0.29, 0.717) is 0 Å². The molecule has 0 aliphatic rings. The Bertz CT molecular complexity index is 409. The number of nitrogens with zero attached hydrogens (tertiary/aromatic N) is 6. The van der Waals surface area contributed by atoms with Crippen molar-refractivity contribution in [2.75, 3.05) is 0 Å². The topological polar surface area (TPSA) is 139 Å². The van der Waals surface area contributed by atoms with Crippen LogP contribution in [-0.4, -0.2) is 10.8 Å². The molecule has 0 aliphatic carbocycles. The van der Waals surface area contributed by atoms with Crippen LogP contribution < -0.4 is 0 Å². The largest absolute Gasteiger partial charge is 0.307 e. The molecule has 14 heavy (non-hydrogen) atoms. The minimum Gasteiger partial charge on any atom is -0.268 e. The number of carbonyl (C=O) groups is 1. The maximum Gasteiger partial charge on any atom is 0.307 e. The average Bonchev–Trinajstić information content (AvgIpc) is 2.23. The van der Waals surface area contributed by atoms with Crippen LogP contribution in [0.5, 0.6) is 0 Å². The summed E-state index contributed by atoms with van der Waals surface area (Å²) >= 11 is 0. The lowest BCUT2D eigenvalue weighted by Crippen LogP contribution is -2.36. The summed E-state index contributed by atoms with van der Waals surface area (Å²) in [4.78, 5) is 11.0. The Labute approximate surface area is 78.8 Å². The van der Waals surface area contributed by atoms with E-state index in [0.717, 1.165) is 30.6 Å². The molecular formula is C7N6O. The average molecular weight is 184 g/mol. The summed E-state index contributed by atoms with van der Waals surface area (Å²) in [6.07, 6.45) is 2.26. The molecule has 0 saturated carbocycles. The Balaban J connectivity index is 5.40. The van der Waals surface area contributed by atoms with Gasteiger partial charge in [0, 0.05) is 0 Å². The lowest BCUT2D eigenvalue weighted by atomic mass is 9.92. The molecule has 0 rings (SSSR count). The van der Waals surface area contributed by atoms with Gasteiger partial charge < -0.3 is 0 Å². The highest BCUT2D eigenvalue weighted by molar-refractivity contribution is 5.93. The van der Waals surface area contributed by atoms with Gasteiger partial charge in [0.05, 0.1) is 0 Å². The molecule has 0 atom stereocenters. The molecule has 0 aromatic carbocycles. The molecule has 0 aromatic rings. The monoisotopic (exact) mass is 184 g/mol. The molecule has 0 N–H and O–H groups in total. The third-order valence-electron chi connectivity index (χ3n) is 1.23. The molecule has 0 heterocycles. The second-order valence-electron chi connectivity index (χ2n) is 1.93. The zero-order valence-electron chi connectivity index (χ0n) is 6.59. The van der Waals surface area contributed by atoms with E-state index in [9.17, 15) is 4.79 Å². The van der Waals surface area contributed by atoms with E-state index in [1.165, 1.54) is 0 Å². The number of nitriles is 5. The van der Waals surface area contributed by atoms with Crippen molar-refractivity contribution in [1.29, 1.82) is 26.3 Å². The van der Waals surface area contributed by atoms with Crippen molar-refractivity contribution >= 4 is 5.91 Å². The summed E-state index contributed by atoms with van der Waals surface area (Å²) < 4.78 is 0. The van der Waals surface area contributed by atoms with E-state index in [1.54, 1.807) is 0 Å². The summed E-state index contributed by atoms with van der Waals surface area (Å²) in [6, 6.07) is 3.44. The Morgan fingerprint density at radius 3 is 1.50 bits per heavy atom. The quantitative estimate of drug-likeness (QED) is 0.391. The molecule has 0 unspecified atom stereocenters. The second-order valence-corrected chi connectivity index (χ2v) is 1.93. The van der Waals surface area contributed by atoms with Crippen molar-refractivity contribution in [1.82, 2.24) is 4.90 Å². The molecule has 0 fully saturated rings. The lowest BCUT2D eigenvalue weighted by Gasteiger charge is -2.08. The molecule has 0 saturated heterocycles. The van der Waals surface area contributed by atoms with Crippen molar-refractivity contribution in [2.24, 2.45) is 5.41 Å². The molecular weight excluding hydrogens is 184 g/mol. The number of rotatable bonds is 1. The normalized spacial score (nSPS) is 7.93. The molecule has 64 valence electrons. The first-order chi connectivity index (χ1) is 6.61. The van der Waals surface area contributed by atoms with Gasteiger partial charge in [-0.1, -0.05) is 0 Å². The highest BCUT2D eigenvalue weighted by atomic mass is 16.2. The minimum absolute atomic E-state index is 0.102. The number of hydrogen-bond acceptors (Lipinski definition) is 6. The van der Waals surface area contributed by atoms with Gasteiger partial charge in [0.15, 0.2) is 0 Å². The van der Waals surface area contributed by atoms with Crippen LogP contribution in [0.4, 0.5) is 0 Å². The van der Waals surface area contributed by atoms with Gasteiger partial charge in [-0.25, -0.2) is 0 Å². The van der Waals surface area contributed by atoms with Crippen LogP contribution in [0.25, 0.3) is 0 Å². The number of amides is 1. The fraction of sp³-hybridized carbons (Fsp3) is 0.143. The fourth-order valence-corrected chi connectivity index (χ4v) is 0.499. The van der Waals surface area contributed by atoms with E-state index >= 15 is 0 Å². The number of carbonyl (C=O) groups excluding carboxylic acids is 1. The van der Waals surface area contributed by atoms with Crippen LogP contribution in [0, 0.1) is 62.3 Å². The van der Waals surface area contributed by atoms with Crippen LogP contribution in [0.3, 0.4) is 0 Å². The van der Waals surface area contributed by atoms with E-state index in [-0.39, 0.29) is 4.90 Å². The van der Waals surface area contributed by atoms with Crippen LogP contribution in [0.2, 0.25) is 0 Å². The predicted molar refractivity (Wildman–Crippen MR) is 37.3 cm³/mol. The van der Waals surface area contributed by atoms with Crippen molar-refractivity contribution in [3.8, 4) is 30.6 Å². The van der Waals surface area contributed by atoms with Gasteiger partial charge in [0.1, 0.15) is 18.2 Å². The van der Waals surface area contributed by atoms with Crippen LogP contribution in [-0.2, 0) is 4.79 Å². The van der Waals surface area contributed by atoms with Crippen LogP contribution in [0.15, 0.2) is 0 Å². The highest BCUT2D eigenvalue weighted by Gasteiger charge is 2.43. The molecule has 7 nitrogen and oxygen atoms in total. The van der Waals surface area contributed by atoms with Crippen molar-refractivity contribution < 1.29 is 4.79 Å². The van der Waals surface area contributed by atoms with Crippen molar-refractivity contribution in [3.63, 3.8) is 0 Å². The Morgan fingerprint density at radius 2 is 1.29 bits per heavy atom. The smallest absolute Gasteiger partial charge is 0.268 e. The summed E-state index contributed by atoms with van der Waals surface area (Å²) in [6.45, 7) is 0. The Kier molecular flexibility index (Phi) is 3.18. The third kappa shape index (κ3) is 1.41. The van der Waals surface area contributed by atoms with Gasteiger partial charge in [-0.2, -0.15) is 26.3 Å². The van der Waals surface area contributed by atoms with Gasteiger partial charge >= 0.3 is 5.41 Å². The van der Waals surface area contributed by atoms with Gasteiger partial charge in [-0.15, -0.1) is 4.90 Å². The zero-order chi connectivity index (χ0) is 11.2. The van der Waals surface area contributed by atoms with Crippen molar-refractivity contribution in [3.05, 3.63) is 0 Å². The van der Waals surface area contributed by atoms with E-state index in [2.05, 4.69) is 0 Å². The SMILES string of the molecule is N#CN(C#N)C(=O)C(C#N)(C#N)C#N. The number of hydrogen-bond donors (Lipinski definition) is 0. The van der Waals surface area contributed by atoms with Gasteiger partial charge in [0.25, 0.3) is 5.91 Å². The highest BCUT2D eigenvalue weighted by Crippen LogP contribution is 2.16. The summed E-state index contributed by atoms with van der Waals surface area (Å²) in [5, 5.41) is 41.8. The van der Waals surface area contributed by atoms with Crippen LogP contribution in [0.1, 0.15) is 0 Å². The maximum atomic E-state index is 11.1. The predicted octanol–water partition coefficient (Wildman–Crippen LogP) is -0.666. The molecule has 0 aliphatic heterocycles. The Morgan fingerprint density at radius 1 is 0.929 bits per heavy atom. The lowest BCUT2D eigenvalue weighted by molar-refractivity contribution is -0.128. The first kappa shape index (κ1) is 10.9. The van der Waals surface area contributed by atoms with E-state index in [4.69, 9.17) is 26.3 Å². The maximum absolute atomic E-state index is 11.1. The molecule has 0 spiro atoms. The molecule has 0 aromatic heterocycles. The molecule has 7 heteroatoms. The first-order valence-corrected chi connectivity index (χ1v) is 2.99. The first-order valence-electron chi connectivity index (χ1n) is 2.99. The molecule has 0 bridgehead atoms. The third-order valence-corrected chi connectivity index (χ3v) is 1.23. The Hall–Kier alpha value is -3.08. The van der Waals surface area contributed by atoms with Crippen LogP contribution >= 0.6 is 0 Å². The zero-order valence-corrected chi connectivity index (χ0v) is 6.59. The van der Waals surface area contributed by atoms with E-state index in [1.807, 2.05) is 0 Å². The summed E-state index contributed by atoms with van der Waals surface area (Å²) in [7, 11) is 0.